The molecule has 0 saturated heterocycles. The topological polar surface area (TPSA) is 71.3 Å². The molecule has 0 atom stereocenters. The number of benzene rings is 1. The van der Waals surface area contributed by atoms with Crippen LogP contribution in [0.3, 0.4) is 0 Å². The maximum absolute atomic E-state index is 12.9. The number of anilines is 2. The second-order valence-corrected chi connectivity index (χ2v) is 5.87. The molecule has 2 aromatic heterocycles. The van der Waals surface area contributed by atoms with Gasteiger partial charge in [0.1, 0.15) is 5.82 Å². The van der Waals surface area contributed by atoms with Crippen molar-refractivity contribution in [1.29, 1.82) is 0 Å². The van der Waals surface area contributed by atoms with Crippen molar-refractivity contribution in [1.82, 2.24) is 14.6 Å². The molecule has 1 aliphatic carbocycles. The van der Waals surface area contributed by atoms with Gasteiger partial charge in [-0.3, -0.25) is 0 Å². The van der Waals surface area contributed by atoms with Crippen molar-refractivity contribution in [2.45, 2.75) is 25.2 Å². The fourth-order valence-electron chi connectivity index (χ4n) is 2.68. The minimum atomic E-state index is -0.414. The molecule has 0 spiro atoms. The van der Waals surface area contributed by atoms with Gasteiger partial charge in [0, 0.05) is 17.8 Å². The summed E-state index contributed by atoms with van der Waals surface area (Å²) in [5.41, 5.74) is 1.71. The molecule has 7 heteroatoms. The van der Waals surface area contributed by atoms with Crippen LogP contribution < -0.4 is 10.6 Å². The third-order valence-corrected chi connectivity index (χ3v) is 4.20. The van der Waals surface area contributed by atoms with Crippen LogP contribution >= 0.6 is 0 Å². The van der Waals surface area contributed by atoms with Gasteiger partial charge in [-0.15, -0.1) is 0 Å². The smallest absolute Gasteiger partial charge is 0.308 e. The highest BCUT2D eigenvalue weighted by molar-refractivity contribution is 6.01. The van der Waals surface area contributed by atoms with E-state index in [-0.39, 0.29) is 5.82 Å². The van der Waals surface area contributed by atoms with Gasteiger partial charge >= 0.3 is 6.03 Å². The molecule has 0 radical (unpaired) electrons. The average molecular weight is 325 g/mol. The van der Waals surface area contributed by atoms with E-state index >= 15 is 0 Å². The maximum Gasteiger partial charge on any atom is 0.323 e. The van der Waals surface area contributed by atoms with Crippen LogP contribution in [0, 0.1) is 5.82 Å². The first-order valence-electron chi connectivity index (χ1n) is 7.88. The van der Waals surface area contributed by atoms with Crippen molar-refractivity contribution >= 4 is 23.1 Å². The highest BCUT2D eigenvalue weighted by Gasteiger charge is 2.24. The van der Waals surface area contributed by atoms with Gasteiger partial charge in [0.2, 0.25) is 0 Å². The number of aromatic nitrogens is 3. The number of fused-ring (bicyclic) bond motifs is 1. The number of carbonyl (C=O) groups is 1. The van der Waals surface area contributed by atoms with Crippen molar-refractivity contribution < 1.29 is 9.18 Å². The first kappa shape index (κ1) is 14.6. The van der Waals surface area contributed by atoms with E-state index in [0.717, 1.165) is 18.7 Å². The zero-order chi connectivity index (χ0) is 16.5. The van der Waals surface area contributed by atoms with Crippen molar-refractivity contribution in [2.75, 3.05) is 10.6 Å². The van der Waals surface area contributed by atoms with E-state index in [4.69, 9.17) is 0 Å². The van der Waals surface area contributed by atoms with Crippen molar-refractivity contribution in [3.05, 3.63) is 54.2 Å². The summed E-state index contributed by atoms with van der Waals surface area (Å²) < 4.78 is 14.6. The zero-order valence-electron chi connectivity index (χ0n) is 12.9. The van der Waals surface area contributed by atoms with E-state index < -0.39 is 6.03 Å². The maximum atomic E-state index is 12.9. The van der Waals surface area contributed by atoms with Crippen LogP contribution in [0.15, 0.2) is 42.6 Å². The Labute approximate surface area is 137 Å². The standard InChI is InChI=1S/C17H16FN5O/c18-12-6-8-13(9-7-12)19-17(24)20-14-5-2-10-23-16(14)21-15(22-23)11-3-1-4-11/h2,5-11H,1,3-4H2,(H2,19,20,24). The van der Waals surface area contributed by atoms with E-state index in [9.17, 15) is 9.18 Å². The normalized spacial score (nSPS) is 14.4. The summed E-state index contributed by atoms with van der Waals surface area (Å²) in [5, 5.41) is 9.92. The molecule has 4 rings (SSSR count). The van der Waals surface area contributed by atoms with Crippen molar-refractivity contribution in [2.24, 2.45) is 0 Å². The fourth-order valence-corrected chi connectivity index (χ4v) is 2.68. The first-order chi connectivity index (χ1) is 11.7. The van der Waals surface area contributed by atoms with Crippen LogP contribution in [-0.2, 0) is 0 Å². The predicted molar refractivity (Wildman–Crippen MR) is 88.6 cm³/mol. The third-order valence-electron chi connectivity index (χ3n) is 4.20. The minimum Gasteiger partial charge on any atom is -0.308 e. The number of halogens is 1. The Morgan fingerprint density at radius 3 is 2.67 bits per heavy atom. The Bertz CT molecular complexity index is 886. The summed E-state index contributed by atoms with van der Waals surface area (Å²) in [6, 6.07) is 8.75. The van der Waals surface area contributed by atoms with Crippen LogP contribution in [0.25, 0.3) is 5.65 Å². The Kier molecular flexibility index (Phi) is 3.60. The van der Waals surface area contributed by atoms with Crippen molar-refractivity contribution in [3.63, 3.8) is 0 Å². The summed E-state index contributed by atoms with van der Waals surface area (Å²) in [4.78, 5) is 16.7. The Hall–Kier alpha value is -2.96. The largest absolute Gasteiger partial charge is 0.323 e. The van der Waals surface area contributed by atoms with E-state index in [2.05, 4.69) is 20.7 Å². The van der Waals surface area contributed by atoms with Gasteiger partial charge in [-0.25, -0.2) is 18.7 Å². The first-order valence-corrected chi connectivity index (χ1v) is 7.88. The number of amides is 2. The summed E-state index contributed by atoms with van der Waals surface area (Å²) in [6.45, 7) is 0. The highest BCUT2D eigenvalue weighted by Crippen LogP contribution is 2.35. The molecule has 2 N–H and O–H groups in total. The molecule has 1 saturated carbocycles. The second-order valence-electron chi connectivity index (χ2n) is 5.87. The molecule has 2 amide bonds. The molecule has 1 aliphatic rings. The molecule has 3 aromatic rings. The van der Waals surface area contributed by atoms with Gasteiger partial charge in [-0.1, -0.05) is 6.42 Å². The van der Waals surface area contributed by atoms with Crippen LogP contribution in [0.1, 0.15) is 31.0 Å². The number of urea groups is 1. The lowest BCUT2D eigenvalue weighted by Gasteiger charge is -2.21. The summed E-state index contributed by atoms with van der Waals surface area (Å²) in [6.07, 6.45) is 5.26. The highest BCUT2D eigenvalue weighted by atomic mass is 19.1. The van der Waals surface area contributed by atoms with Crippen LogP contribution in [-0.4, -0.2) is 20.6 Å². The number of nitrogens with zero attached hydrogens (tertiary/aromatic N) is 3. The van der Waals surface area contributed by atoms with Gasteiger partial charge < -0.3 is 10.6 Å². The number of rotatable bonds is 3. The molecule has 1 fully saturated rings. The van der Waals surface area contributed by atoms with Crippen LogP contribution in [0.2, 0.25) is 0 Å². The molecular formula is C17H16FN5O. The minimum absolute atomic E-state index is 0.349. The van der Waals surface area contributed by atoms with Crippen molar-refractivity contribution in [3.8, 4) is 0 Å². The zero-order valence-corrected chi connectivity index (χ0v) is 12.9. The Morgan fingerprint density at radius 1 is 1.17 bits per heavy atom. The summed E-state index contributed by atoms with van der Waals surface area (Å²) >= 11 is 0. The number of nitrogens with one attached hydrogen (secondary N) is 2. The van der Waals surface area contributed by atoms with E-state index in [0.29, 0.717) is 22.9 Å². The molecule has 1 aromatic carbocycles. The van der Waals surface area contributed by atoms with Gasteiger partial charge in [0.15, 0.2) is 11.5 Å². The molecule has 0 unspecified atom stereocenters. The summed E-state index contributed by atoms with van der Waals surface area (Å²) in [7, 11) is 0. The lowest BCUT2D eigenvalue weighted by Crippen LogP contribution is -2.19. The number of pyridine rings is 1. The Balaban J connectivity index is 1.53. The molecule has 2 heterocycles. The van der Waals surface area contributed by atoms with E-state index in [1.807, 2.05) is 6.20 Å². The molecule has 6 nitrogen and oxygen atoms in total. The molecular weight excluding hydrogens is 309 g/mol. The Morgan fingerprint density at radius 2 is 1.96 bits per heavy atom. The average Bonchev–Trinajstić information content (AvgIpc) is 2.92. The predicted octanol–water partition coefficient (Wildman–Crippen LogP) is 3.78. The molecule has 122 valence electrons. The van der Waals surface area contributed by atoms with Crippen LogP contribution in [0.5, 0.6) is 0 Å². The summed E-state index contributed by atoms with van der Waals surface area (Å²) in [5.74, 6) is 0.901. The molecule has 0 bridgehead atoms. The number of hydrogen-bond acceptors (Lipinski definition) is 3. The second kappa shape index (κ2) is 5.92. The molecule has 24 heavy (non-hydrogen) atoms. The SMILES string of the molecule is O=C(Nc1ccc(F)cc1)Nc1cccn2nc(C3CCC3)nc12. The lowest BCUT2D eigenvalue weighted by atomic mass is 9.85. The van der Waals surface area contributed by atoms with E-state index in [1.54, 1.807) is 16.6 Å². The number of hydrogen-bond donors (Lipinski definition) is 2. The van der Waals surface area contributed by atoms with Gasteiger partial charge in [0.05, 0.1) is 5.69 Å². The van der Waals surface area contributed by atoms with E-state index in [1.165, 1.54) is 30.7 Å². The monoisotopic (exact) mass is 325 g/mol. The third kappa shape index (κ3) is 2.80. The van der Waals surface area contributed by atoms with Crippen LogP contribution in [0.4, 0.5) is 20.6 Å². The van der Waals surface area contributed by atoms with Gasteiger partial charge in [-0.05, 0) is 49.2 Å². The van der Waals surface area contributed by atoms with Gasteiger partial charge in [-0.2, -0.15) is 5.10 Å². The quantitative estimate of drug-likeness (QED) is 0.770. The fraction of sp³-hybridized carbons (Fsp3) is 0.235. The number of carbonyl (C=O) groups excluding carboxylic acids is 1. The lowest BCUT2D eigenvalue weighted by molar-refractivity contribution is 0.262. The molecule has 0 aliphatic heterocycles. The van der Waals surface area contributed by atoms with Gasteiger partial charge in [0.25, 0.3) is 0 Å².